The minimum atomic E-state index is -0.839. The van der Waals surface area contributed by atoms with E-state index < -0.39 is 17.9 Å². The van der Waals surface area contributed by atoms with Crippen molar-refractivity contribution < 1.29 is 24.2 Å². The minimum absolute atomic E-state index is 0.184. The quantitative estimate of drug-likeness (QED) is 0.581. The van der Waals surface area contributed by atoms with E-state index in [4.69, 9.17) is 9.84 Å². The molecule has 0 saturated carbocycles. The number of carbonyl (C=O) groups is 3. The average molecular weight is 301 g/mol. The Balaban J connectivity index is 2.38. The fourth-order valence-electron chi connectivity index (χ4n) is 2.06. The number of aliphatic carboxylic acids is 1. The number of amides is 3. The molecule has 120 valence electrons. The molecule has 1 saturated heterocycles. The first-order valence-corrected chi connectivity index (χ1v) is 7.04. The Bertz CT molecular complexity index is 388. The van der Waals surface area contributed by atoms with Crippen LogP contribution in [0.1, 0.15) is 19.8 Å². The van der Waals surface area contributed by atoms with Crippen LogP contribution < -0.4 is 10.6 Å². The largest absolute Gasteiger partial charge is 0.481 e. The zero-order chi connectivity index (χ0) is 15.8. The Labute approximate surface area is 123 Å². The molecule has 1 rings (SSSR count). The molecule has 3 amide bonds. The van der Waals surface area contributed by atoms with Crippen LogP contribution in [0.5, 0.6) is 0 Å². The second-order valence-corrected chi connectivity index (χ2v) is 5.01. The van der Waals surface area contributed by atoms with Gasteiger partial charge in [0.05, 0.1) is 19.1 Å². The Hall–Kier alpha value is -1.83. The van der Waals surface area contributed by atoms with E-state index in [0.29, 0.717) is 32.5 Å². The van der Waals surface area contributed by atoms with Crippen LogP contribution in [-0.2, 0) is 14.3 Å². The molecule has 0 aromatic heterocycles. The number of ether oxygens (including phenoxy) is 1. The van der Waals surface area contributed by atoms with E-state index in [-0.39, 0.29) is 18.5 Å². The maximum absolute atomic E-state index is 12.1. The SMILES string of the molecule is CNC(=O)C1COCCN1C(=O)NCCCC(C)C(=O)O. The number of rotatable bonds is 6. The van der Waals surface area contributed by atoms with Gasteiger partial charge in [0.1, 0.15) is 6.04 Å². The minimum Gasteiger partial charge on any atom is -0.481 e. The molecule has 0 aliphatic carbocycles. The number of nitrogens with zero attached hydrogens (tertiary/aromatic N) is 1. The monoisotopic (exact) mass is 301 g/mol. The van der Waals surface area contributed by atoms with Crippen molar-refractivity contribution in [2.45, 2.75) is 25.8 Å². The van der Waals surface area contributed by atoms with Crippen molar-refractivity contribution in [3.05, 3.63) is 0 Å². The number of morpholine rings is 1. The van der Waals surface area contributed by atoms with Crippen LogP contribution in [0.25, 0.3) is 0 Å². The Kier molecular flexibility index (Phi) is 6.93. The van der Waals surface area contributed by atoms with Crippen molar-refractivity contribution in [3.8, 4) is 0 Å². The van der Waals surface area contributed by atoms with Crippen LogP contribution >= 0.6 is 0 Å². The molecule has 2 atom stereocenters. The van der Waals surface area contributed by atoms with Gasteiger partial charge in [0.25, 0.3) is 0 Å². The number of carboxylic acids is 1. The van der Waals surface area contributed by atoms with Gasteiger partial charge in [-0.1, -0.05) is 6.92 Å². The van der Waals surface area contributed by atoms with Gasteiger partial charge in [-0.25, -0.2) is 4.79 Å². The molecule has 1 aliphatic rings. The normalized spacial score (nSPS) is 19.7. The van der Waals surface area contributed by atoms with Gasteiger partial charge in [-0.05, 0) is 12.8 Å². The van der Waals surface area contributed by atoms with Crippen LogP contribution in [0.2, 0.25) is 0 Å². The number of carbonyl (C=O) groups excluding carboxylic acids is 2. The van der Waals surface area contributed by atoms with Gasteiger partial charge >= 0.3 is 12.0 Å². The first-order chi connectivity index (χ1) is 9.97. The summed E-state index contributed by atoms with van der Waals surface area (Å²) >= 11 is 0. The number of urea groups is 1. The third-order valence-electron chi connectivity index (χ3n) is 3.45. The summed E-state index contributed by atoms with van der Waals surface area (Å²) in [4.78, 5) is 35.9. The first kappa shape index (κ1) is 17.2. The van der Waals surface area contributed by atoms with Gasteiger partial charge in [-0.2, -0.15) is 0 Å². The van der Waals surface area contributed by atoms with Crippen LogP contribution in [0.15, 0.2) is 0 Å². The number of nitrogens with one attached hydrogen (secondary N) is 2. The molecule has 0 aromatic carbocycles. The molecule has 21 heavy (non-hydrogen) atoms. The highest BCUT2D eigenvalue weighted by molar-refractivity contribution is 5.87. The van der Waals surface area contributed by atoms with E-state index in [1.807, 2.05) is 0 Å². The highest BCUT2D eigenvalue weighted by Crippen LogP contribution is 2.08. The van der Waals surface area contributed by atoms with Gasteiger partial charge in [0.15, 0.2) is 0 Å². The van der Waals surface area contributed by atoms with Crippen molar-refractivity contribution in [2.24, 2.45) is 5.92 Å². The molecule has 0 aromatic rings. The van der Waals surface area contributed by atoms with Gasteiger partial charge in [-0.3, -0.25) is 9.59 Å². The number of carboxylic acid groups (broad SMARTS) is 1. The fraction of sp³-hybridized carbons (Fsp3) is 0.769. The van der Waals surface area contributed by atoms with Gasteiger partial charge in [0, 0.05) is 20.1 Å². The predicted octanol–water partition coefficient (Wildman–Crippen LogP) is -0.356. The van der Waals surface area contributed by atoms with Crippen molar-refractivity contribution in [2.75, 3.05) is 33.4 Å². The van der Waals surface area contributed by atoms with Crippen molar-refractivity contribution in [1.82, 2.24) is 15.5 Å². The highest BCUT2D eigenvalue weighted by Gasteiger charge is 2.32. The lowest BCUT2D eigenvalue weighted by atomic mass is 10.1. The summed E-state index contributed by atoms with van der Waals surface area (Å²) in [6.45, 7) is 2.96. The van der Waals surface area contributed by atoms with Crippen molar-refractivity contribution in [3.63, 3.8) is 0 Å². The maximum atomic E-state index is 12.1. The summed E-state index contributed by atoms with van der Waals surface area (Å²) in [5.74, 6) is -1.53. The Morgan fingerprint density at radius 3 is 2.76 bits per heavy atom. The molecule has 3 N–H and O–H groups in total. The van der Waals surface area contributed by atoms with Crippen LogP contribution in [0.4, 0.5) is 4.79 Å². The molecule has 0 spiro atoms. The molecule has 1 fully saturated rings. The molecule has 0 radical (unpaired) electrons. The van der Waals surface area contributed by atoms with Crippen molar-refractivity contribution >= 4 is 17.9 Å². The molecule has 8 nitrogen and oxygen atoms in total. The summed E-state index contributed by atoms with van der Waals surface area (Å²) in [7, 11) is 1.51. The standard InChI is InChI=1S/C13H23N3O5/c1-9(12(18)19)4-3-5-15-13(20)16-6-7-21-8-10(16)11(17)14-2/h9-10H,3-8H2,1-2H3,(H,14,17)(H,15,20)(H,18,19). The maximum Gasteiger partial charge on any atom is 0.318 e. The van der Waals surface area contributed by atoms with Crippen LogP contribution in [-0.4, -0.2) is 67.3 Å². The number of hydrogen-bond acceptors (Lipinski definition) is 4. The zero-order valence-electron chi connectivity index (χ0n) is 12.4. The summed E-state index contributed by atoms with van der Waals surface area (Å²) < 4.78 is 5.22. The third-order valence-corrected chi connectivity index (χ3v) is 3.45. The second kappa shape index (κ2) is 8.46. The topological polar surface area (TPSA) is 108 Å². The second-order valence-electron chi connectivity index (χ2n) is 5.01. The molecular formula is C13H23N3O5. The Morgan fingerprint density at radius 1 is 1.43 bits per heavy atom. The smallest absolute Gasteiger partial charge is 0.318 e. The molecule has 1 heterocycles. The van der Waals surface area contributed by atoms with E-state index in [0.717, 1.165) is 0 Å². The number of likely N-dealkylation sites (N-methyl/N-ethyl adjacent to an activating group) is 1. The lowest BCUT2D eigenvalue weighted by Crippen LogP contribution is -2.57. The zero-order valence-corrected chi connectivity index (χ0v) is 12.4. The summed E-state index contributed by atoms with van der Waals surface area (Å²) in [6, 6.07) is -0.948. The van der Waals surface area contributed by atoms with Crippen LogP contribution in [0, 0.1) is 5.92 Å². The van der Waals surface area contributed by atoms with E-state index >= 15 is 0 Å². The van der Waals surface area contributed by atoms with E-state index in [1.54, 1.807) is 6.92 Å². The van der Waals surface area contributed by atoms with E-state index in [2.05, 4.69) is 10.6 Å². The van der Waals surface area contributed by atoms with Gasteiger partial charge in [0.2, 0.25) is 5.91 Å². The molecule has 0 bridgehead atoms. The average Bonchev–Trinajstić information content (AvgIpc) is 2.50. The highest BCUT2D eigenvalue weighted by atomic mass is 16.5. The molecule has 8 heteroatoms. The first-order valence-electron chi connectivity index (χ1n) is 7.04. The fourth-order valence-corrected chi connectivity index (χ4v) is 2.06. The number of hydrogen-bond donors (Lipinski definition) is 3. The lowest BCUT2D eigenvalue weighted by molar-refractivity contribution is -0.141. The molecular weight excluding hydrogens is 278 g/mol. The van der Waals surface area contributed by atoms with E-state index in [1.165, 1.54) is 11.9 Å². The van der Waals surface area contributed by atoms with Gasteiger partial charge < -0.3 is 25.4 Å². The third kappa shape index (κ3) is 5.22. The van der Waals surface area contributed by atoms with Crippen LogP contribution in [0.3, 0.4) is 0 Å². The summed E-state index contributed by atoms with van der Waals surface area (Å²) in [5.41, 5.74) is 0. The summed E-state index contributed by atoms with van der Waals surface area (Å²) in [5, 5.41) is 14.0. The molecule has 2 unspecified atom stereocenters. The Morgan fingerprint density at radius 2 is 2.14 bits per heavy atom. The van der Waals surface area contributed by atoms with Crippen molar-refractivity contribution in [1.29, 1.82) is 0 Å². The van der Waals surface area contributed by atoms with E-state index in [9.17, 15) is 14.4 Å². The summed E-state index contributed by atoms with van der Waals surface area (Å²) in [6.07, 6.45) is 1.08. The predicted molar refractivity (Wildman–Crippen MR) is 74.8 cm³/mol. The lowest BCUT2D eigenvalue weighted by Gasteiger charge is -2.34. The molecule has 1 aliphatic heterocycles. The van der Waals surface area contributed by atoms with Gasteiger partial charge in [-0.15, -0.1) is 0 Å².